The van der Waals surface area contributed by atoms with E-state index < -0.39 is 6.09 Å². The van der Waals surface area contributed by atoms with E-state index in [1.54, 1.807) is 6.92 Å². The second-order valence-electron chi connectivity index (χ2n) is 1.74. The lowest BCUT2D eigenvalue weighted by Gasteiger charge is -2.07. The molecule has 1 N–H and O–H groups in total. The van der Waals surface area contributed by atoms with E-state index in [0.717, 1.165) is 0 Å². The van der Waals surface area contributed by atoms with Crippen molar-refractivity contribution < 1.29 is 9.53 Å². The first-order chi connectivity index (χ1) is 4.70. The Morgan fingerprint density at radius 1 is 1.70 bits per heavy atom. The van der Waals surface area contributed by atoms with E-state index >= 15 is 0 Å². The van der Waals surface area contributed by atoms with E-state index in [9.17, 15) is 4.79 Å². The molecule has 1 unspecified atom stereocenters. The van der Waals surface area contributed by atoms with Crippen LogP contribution in [0.15, 0.2) is 0 Å². The number of carbonyl (C=O) groups is 1. The Bertz CT molecular complexity index is 108. The van der Waals surface area contributed by atoms with E-state index in [1.807, 2.05) is 6.92 Å². The van der Waals surface area contributed by atoms with Crippen LogP contribution >= 0.6 is 11.6 Å². The van der Waals surface area contributed by atoms with E-state index in [-0.39, 0.29) is 5.50 Å². The van der Waals surface area contributed by atoms with Crippen molar-refractivity contribution in [1.82, 2.24) is 5.32 Å². The molecule has 0 heterocycles. The van der Waals surface area contributed by atoms with Crippen LogP contribution in [0.25, 0.3) is 0 Å². The van der Waals surface area contributed by atoms with Gasteiger partial charge in [0.2, 0.25) is 0 Å². The quantitative estimate of drug-likeness (QED) is 0.511. The van der Waals surface area contributed by atoms with Gasteiger partial charge in [0.15, 0.2) is 0 Å². The minimum atomic E-state index is -0.454. The Hall–Kier alpha value is -0.440. The van der Waals surface area contributed by atoms with Crippen molar-refractivity contribution in [3.05, 3.63) is 0 Å². The zero-order chi connectivity index (χ0) is 7.98. The van der Waals surface area contributed by atoms with Gasteiger partial charge in [-0.2, -0.15) is 0 Å². The van der Waals surface area contributed by atoms with Crippen LogP contribution in [0.1, 0.15) is 20.3 Å². The number of carbonyl (C=O) groups excluding carboxylic acids is 1. The first kappa shape index (κ1) is 9.56. The largest absolute Gasteiger partial charge is 0.450 e. The molecule has 1 atom stereocenters. The number of halogens is 1. The summed E-state index contributed by atoms with van der Waals surface area (Å²) in [5.41, 5.74) is -0.320. The van der Waals surface area contributed by atoms with Crippen molar-refractivity contribution in [1.29, 1.82) is 0 Å². The second-order valence-corrected chi connectivity index (χ2v) is 2.27. The summed E-state index contributed by atoms with van der Waals surface area (Å²) in [5, 5.41) is 2.43. The average molecular weight is 166 g/mol. The number of alkyl halides is 1. The molecule has 0 saturated carbocycles. The summed E-state index contributed by atoms with van der Waals surface area (Å²) in [4.78, 5) is 10.6. The number of hydrogen-bond acceptors (Lipinski definition) is 2. The molecule has 4 heteroatoms. The van der Waals surface area contributed by atoms with Gasteiger partial charge in [0.05, 0.1) is 6.61 Å². The molecule has 0 aliphatic heterocycles. The van der Waals surface area contributed by atoms with Crippen molar-refractivity contribution in [2.75, 3.05) is 6.61 Å². The van der Waals surface area contributed by atoms with Crippen LogP contribution in [0.3, 0.4) is 0 Å². The maximum Gasteiger partial charge on any atom is 0.408 e. The average Bonchev–Trinajstić information content (AvgIpc) is 1.88. The molecular weight excluding hydrogens is 154 g/mol. The fourth-order valence-corrected chi connectivity index (χ4v) is 0.492. The molecule has 0 bridgehead atoms. The highest BCUT2D eigenvalue weighted by Crippen LogP contribution is 1.95. The number of nitrogens with one attached hydrogen (secondary N) is 1. The fourth-order valence-electron chi connectivity index (χ4n) is 0.403. The van der Waals surface area contributed by atoms with Gasteiger partial charge in [0.25, 0.3) is 0 Å². The Labute approximate surface area is 65.7 Å². The van der Waals surface area contributed by atoms with Gasteiger partial charge in [-0.3, -0.25) is 0 Å². The van der Waals surface area contributed by atoms with Crippen LogP contribution in [0.4, 0.5) is 4.79 Å². The maximum atomic E-state index is 10.6. The van der Waals surface area contributed by atoms with E-state index in [4.69, 9.17) is 11.6 Å². The molecule has 0 aromatic rings. The van der Waals surface area contributed by atoms with E-state index in [2.05, 4.69) is 10.1 Å². The first-order valence-corrected chi connectivity index (χ1v) is 3.71. The molecule has 0 aliphatic rings. The molecule has 10 heavy (non-hydrogen) atoms. The lowest BCUT2D eigenvalue weighted by atomic mass is 10.5. The SMILES string of the molecule is CCOC(=O)NC(Cl)CC. The van der Waals surface area contributed by atoms with Crippen LogP contribution < -0.4 is 5.32 Å². The van der Waals surface area contributed by atoms with Crippen molar-refractivity contribution in [2.24, 2.45) is 0 Å². The molecule has 1 amide bonds. The van der Waals surface area contributed by atoms with Crippen LogP contribution in [0.5, 0.6) is 0 Å². The molecule has 0 aromatic carbocycles. The summed E-state index contributed by atoms with van der Waals surface area (Å²) in [6.45, 7) is 4.00. The summed E-state index contributed by atoms with van der Waals surface area (Å²) < 4.78 is 4.58. The highest BCUT2D eigenvalue weighted by atomic mass is 35.5. The number of ether oxygens (including phenoxy) is 1. The monoisotopic (exact) mass is 165 g/mol. The molecule has 0 aromatic heterocycles. The second kappa shape index (κ2) is 5.35. The van der Waals surface area contributed by atoms with E-state index in [1.165, 1.54) is 0 Å². The van der Waals surface area contributed by atoms with Gasteiger partial charge >= 0.3 is 6.09 Å². The van der Waals surface area contributed by atoms with Gasteiger partial charge in [-0.05, 0) is 13.3 Å². The zero-order valence-electron chi connectivity index (χ0n) is 6.19. The summed E-state index contributed by atoms with van der Waals surface area (Å²) in [7, 11) is 0. The standard InChI is InChI=1S/C6H12ClNO2/c1-3-5(7)8-6(9)10-4-2/h5H,3-4H2,1-2H3,(H,8,9). The number of rotatable bonds is 3. The van der Waals surface area contributed by atoms with Gasteiger partial charge < -0.3 is 10.1 Å². The minimum absolute atomic E-state index is 0.320. The predicted octanol–water partition coefficient (Wildman–Crippen LogP) is 1.71. The summed E-state index contributed by atoms with van der Waals surface area (Å²) in [6.07, 6.45) is 0.241. The Kier molecular flexibility index (Phi) is 5.12. The number of amides is 1. The van der Waals surface area contributed by atoms with E-state index in [0.29, 0.717) is 13.0 Å². The third-order valence-electron chi connectivity index (χ3n) is 0.908. The normalized spacial score (nSPS) is 12.3. The van der Waals surface area contributed by atoms with Gasteiger partial charge in [0.1, 0.15) is 5.50 Å². The number of alkyl carbamates (subject to hydrolysis) is 1. The highest BCUT2D eigenvalue weighted by Gasteiger charge is 2.05. The highest BCUT2D eigenvalue weighted by molar-refractivity contribution is 6.21. The van der Waals surface area contributed by atoms with Gasteiger partial charge in [-0.1, -0.05) is 18.5 Å². The molecule has 0 aliphatic carbocycles. The minimum Gasteiger partial charge on any atom is -0.450 e. The van der Waals surface area contributed by atoms with Crippen LogP contribution in [-0.2, 0) is 4.74 Å². The molecule has 0 rings (SSSR count). The molecule has 60 valence electrons. The van der Waals surface area contributed by atoms with Gasteiger partial charge in [-0.25, -0.2) is 4.79 Å². The third kappa shape index (κ3) is 4.44. The lowest BCUT2D eigenvalue weighted by Crippen LogP contribution is -2.30. The van der Waals surface area contributed by atoms with Crippen molar-refractivity contribution in [3.8, 4) is 0 Å². The fraction of sp³-hybridized carbons (Fsp3) is 0.833. The Morgan fingerprint density at radius 3 is 2.70 bits per heavy atom. The molecule has 3 nitrogen and oxygen atoms in total. The van der Waals surface area contributed by atoms with Crippen LogP contribution in [0, 0.1) is 0 Å². The predicted molar refractivity (Wildman–Crippen MR) is 40.1 cm³/mol. The van der Waals surface area contributed by atoms with Crippen molar-refractivity contribution in [2.45, 2.75) is 25.8 Å². The van der Waals surface area contributed by atoms with Crippen molar-refractivity contribution in [3.63, 3.8) is 0 Å². The molecule has 0 radical (unpaired) electrons. The summed E-state index contributed by atoms with van der Waals surface area (Å²) >= 11 is 5.58. The first-order valence-electron chi connectivity index (χ1n) is 3.28. The molecule has 0 saturated heterocycles. The Balaban J connectivity index is 3.37. The zero-order valence-corrected chi connectivity index (χ0v) is 6.94. The number of hydrogen-bond donors (Lipinski definition) is 1. The smallest absolute Gasteiger partial charge is 0.408 e. The van der Waals surface area contributed by atoms with Crippen LogP contribution in [0.2, 0.25) is 0 Å². The molecule has 0 spiro atoms. The summed E-state index contributed by atoms with van der Waals surface area (Å²) in [6, 6.07) is 0. The molecular formula is C6H12ClNO2. The van der Waals surface area contributed by atoms with Gasteiger partial charge in [-0.15, -0.1) is 0 Å². The Morgan fingerprint density at radius 2 is 2.30 bits per heavy atom. The van der Waals surface area contributed by atoms with Crippen molar-refractivity contribution >= 4 is 17.7 Å². The maximum absolute atomic E-state index is 10.6. The summed E-state index contributed by atoms with van der Waals surface area (Å²) in [5.74, 6) is 0. The lowest BCUT2D eigenvalue weighted by molar-refractivity contribution is 0.151. The van der Waals surface area contributed by atoms with Gasteiger partial charge in [0, 0.05) is 0 Å². The molecule has 0 fully saturated rings. The topological polar surface area (TPSA) is 38.3 Å². The third-order valence-corrected chi connectivity index (χ3v) is 1.33. The van der Waals surface area contributed by atoms with Crippen LogP contribution in [-0.4, -0.2) is 18.2 Å².